The van der Waals surface area contributed by atoms with E-state index in [1.165, 1.54) is 0 Å². The lowest BCUT2D eigenvalue weighted by Crippen LogP contribution is -2.42. The summed E-state index contributed by atoms with van der Waals surface area (Å²) in [4.78, 5) is 10.8. The molecule has 0 aromatic rings. The third kappa shape index (κ3) is 2.33. The largest absolute Gasteiger partial charge is 0.480 e. The molecule has 1 unspecified atom stereocenters. The fourth-order valence-electron chi connectivity index (χ4n) is 1.55. The molecule has 0 radical (unpaired) electrons. The van der Waals surface area contributed by atoms with E-state index in [1.54, 1.807) is 6.08 Å². The van der Waals surface area contributed by atoms with Gasteiger partial charge in [0.25, 0.3) is 0 Å². The molecule has 1 aliphatic heterocycles. The van der Waals surface area contributed by atoms with Crippen LogP contribution in [-0.4, -0.2) is 23.7 Å². The first-order valence-corrected chi connectivity index (χ1v) is 4.62. The second kappa shape index (κ2) is 4.77. The normalized spacial score (nSPS) is 27.9. The molecule has 14 heavy (non-hydrogen) atoms. The first kappa shape index (κ1) is 10.7. The molecule has 0 saturated carbocycles. The van der Waals surface area contributed by atoms with Crippen molar-refractivity contribution in [3.8, 4) is 0 Å². The number of hydrogen-bond acceptors (Lipinski definition) is 2. The summed E-state index contributed by atoms with van der Waals surface area (Å²) in [5.74, 6) is -0.796. The van der Waals surface area contributed by atoms with E-state index in [2.05, 4.69) is 11.9 Å². The van der Waals surface area contributed by atoms with Crippen molar-refractivity contribution in [3.05, 3.63) is 36.0 Å². The van der Waals surface area contributed by atoms with Crippen molar-refractivity contribution in [2.45, 2.75) is 19.4 Å². The van der Waals surface area contributed by atoms with Gasteiger partial charge in [0.2, 0.25) is 0 Å². The first-order valence-electron chi connectivity index (χ1n) is 4.62. The zero-order chi connectivity index (χ0) is 10.6. The molecule has 1 rings (SSSR count). The summed E-state index contributed by atoms with van der Waals surface area (Å²) in [7, 11) is 0. The smallest absolute Gasteiger partial charge is 0.321 e. The number of hydrogen-bond donors (Lipinski definition) is 2. The Kier molecular flexibility index (Phi) is 3.65. The summed E-state index contributed by atoms with van der Waals surface area (Å²) in [5.41, 5.74) is 2.22. The second-order valence-corrected chi connectivity index (χ2v) is 3.22. The van der Waals surface area contributed by atoms with E-state index in [-0.39, 0.29) is 0 Å². The topological polar surface area (TPSA) is 49.3 Å². The van der Waals surface area contributed by atoms with Crippen LogP contribution in [0.2, 0.25) is 0 Å². The number of carboxylic acids is 1. The van der Waals surface area contributed by atoms with Gasteiger partial charge in [-0.1, -0.05) is 24.8 Å². The van der Waals surface area contributed by atoms with Gasteiger partial charge < -0.3 is 10.4 Å². The van der Waals surface area contributed by atoms with Crippen LogP contribution >= 0.6 is 0 Å². The number of aliphatic carboxylic acids is 1. The van der Waals surface area contributed by atoms with E-state index in [4.69, 9.17) is 5.11 Å². The zero-order valence-corrected chi connectivity index (χ0v) is 8.29. The summed E-state index contributed by atoms with van der Waals surface area (Å²) in [5, 5.41) is 11.8. The van der Waals surface area contributed by atoms with Crippen LogP contribution in [0.3, 0.4) is 0 Å². The van der Waals surface area contributed by atoms with Gasteiger partial charge in [-0.3, -0.25) is 4.79 Å². The maximum Gasteiger partial charge on any atom is 0.321 e. The first-order chi connectivity index (χ1) is 6.69. The molecule has 1 heterocycles. The molecule has 0 aromatic carbocycles. The number of carboxylic acid groups (broad SMARTS) is 1. The molecular formula is C11H15NO2. The highest BCUT2D eigenvalue weighted by atomic mass is 16.4. The van der Waals surface area contributed by atoms with Gasteiger partial charge in [0.05, 0.1) is 0 Å². The number of allylic oxidation sites excluding steroid dienone is 3. The molecule has 1 aliphatic rings. The summed E-state index contributed by atoms with van der Waals surface area (Å²) in [6.45, 7) is 6.19. The Morgan fingerprint density at radius 2 is 2.36 bits per heavy atom. The summed E-state index contributed by atoms with van der Waals surface area (Å²) in [6, 6.07) is -0.468. The molecular weight excluding hydrogens is 178 g/mol. The van der Waals surface area contributed by atoms with Crippen LogP contribution in [0.5, 0.6) is 0 Å². The maximum absolute atomic E-state index is 10.8. The molecule has 0 aliphatic carbocycles. The standard InChI is InChI=1S/C11H15NO2/c1-3-5-9-6-10(11(13)14)12-7-8(9)4-2/h3-5,10,12H,1,6-7H2,2H3,(H,13,14)/b8-4-,9-5-. The van der Waals surface area contributed by atoms with Gasteiger partial charge in [-0.15, -0.1) is 0 Å². The number of nitrogens with one attached hydrogen (secondary N) is 1. The highest BCUT2D eigenvalue weighted by Gasteiger charge is 2.24. The van der Waals surface area contributed by atoms with E-state index in [0.717, 1.165) is 11.1 Å². The highest BCUT2D eigenvalue weighted by molar-refractivity contribution is 5.74. The van der Waals surface area contributed by atoms with Crippen LogP contribution in [0.15, 0.2) is 36.0 Å². The second-order valence-electron chi connectivity index (χ2n) is 3.22. The molecule has 0 bridgehead atoms. The molecule has 76 valence electrons. The molecule has 1 fully saturated rings. The summed E-state index contributed by atoms with van der Waals surface area (Å²) in [6.07, 6.45) is 6.11. The van der Waals surface area contributed by atoms with Crippen LogP contribution in [0.25, 0.3) is 0 Å². The maximum atomic E-state index is 10.8. The van der Waals surface area contributed by atoms with Gasteiger partial charge in [0, 0.05) is 6.54 Å². The van der Waals surface area contributed by atoms with Gasteiger partial charge in [-0.25, -0.2) is 0 Å². The molecule has 3 nitrogen and oxygen atoms in total. The fourth-order valence-corrected chi connectivity index (χ4v) is 1.55. The predicted octanol–water partition coefficient (Wildman–Crippen LogP) is 1.49. The van der Waals surface area contributed by atoms with Gasteiger partial charge in [0.15, 0.2) is 0 Å². The number of carbonyl (C=O) groups is 1. The lowest BCUT2D eigenvalue weighted by atomic mass is 9.93. The Morgan fingerprint density at radius 3 is 2.86 bits per heavy atom. The lowest BCUT2D eigenvalue weighted by Gasteiger charge is -2.24. The van der Waals surface area contributed by atoms with Gasteiger partial charge in [0.1, 0.15) is 6.04 Å². The Bertz CT molecular complexity index is 302. The minimum Gasteiger partial charge on any atom is -0.480 e. The van der Waals surface area contributed by atoms with Crippen molar-refractivity contribution in [1.82, 2.24) is 5.32 Å². The Morgan fingerprint density at radius 1 is 1.64 bits per heavy atom. The quantitative estimate of drug-likeness (QED) is 0.698. The third-order valence-electron chi connectivity index (χ3n) is 2.34. The fraction of sp³-hybridized carbons (Fsp3) is 0.364. The number of piperidine rings is 1. The third-order valence-corrected chi connectivity index (χ3v) is 2.34. The van der Waals surface area contributed by atoms with Crippen molar-refractivity contribution in [2.24, 2.45) is 0 Å². The Balaban J connectivity index is 2.82. The zero-order valence-electron chi connectivity index (χ0n) is 8.29. The number of rotatable bonds is 2. The van der Waals surface area contributed by atoms with Crippen molar-refractivity contribution in [1.29, 1.82) is 0 Å². The van der Waals surface area contributed by atoms with Crippen molar-refractivity contribution < 1.29 is 9.90 Å². The Hall–Kier alpha value is -1.35. The molecule has 1 saturated heterocycles. The van der Waals surface area contributed by atoms with Crippen LogP contribution in [0, 0.1) is 0 Å². The molecule has 1 atom stereocenters. The average molecular weight is 193 g/mol. The van der Waals surface area contributed by atoms with Gasteiger partial charge in [-0.2, -0.15) is 0 Å². The minimum absolute atomic E-state index is 0.468. The van der Waals surface area contributed by atoms with Crippen molar-refractivity contribution >= 4 is 5.97 Å². The van der Waals surface area contributed by atoms with Crippen LogP contribution in [0.1, 0.15) is 13.3 Å². The summed E-state index contributed by atoms with van der Waals surface area (Å²) >= 11 is 0. The van der Waals surface area contributed by atoms with Gasteiger partial charge >= 0.3 is 5.97 Å². The van der Waals surface area contributed by atoms with E-state index in [1.807, 2.05) is 19.1 Å². The molecule has 0 aromatic heterocycles. The molecule has 0 spiro atoms. The van der Waals surface area contributed by atoms with E-state index in [9.17, 15) is 4.79 Å². The van der Waals surface area contributed by atoms with E-state index < -0.39 is 12.0 Å². The van der Waals surface area contributed by atoms with Crippen molar-refractivity contribution in [2.75, 3.05) is 6.54 Å². The minimum atomic E-state index is -0.796. The van der Waals surface area contributed by atoms with Crippen molar-refractivity contribution in [3.63, 3.8) is 0 Å². The highest BCUT2D eigenvalue weighted by Crippen LogP contribution is 2.20. The van der Waals surface area contributed by atoms with Crippen LogP contribution in [-0.2, 0) is 4.79 Å². The van der Waals surface area contributed by atoms with E-state index >= 15 is 0 Å². The predicted molar refractivity (Wildman–Crippen MR) is 56.1 cm³/mol. The summed E-state index contributed by atoms with van der Waals surface area (Å²) < 4.78 is 0. The Labute approximate surface area is 83.8 Å². The van der Waals surface area contributed by atoms with E-state index in [0.29, 0.717) is 13.0 Å². The van der Waals surface area contributed by atoms with Crippen LogP contribution in [0.4, 0.5) is 0 Å². The monoisotopic (exact) mass is 193 g/mol. The SMILES string of the molecule is C=C/C=C1/CC(C(=O)O)NC/C1=C/C. The van der Waals surface area contributed by atoms with Gasteiger partial charge in [-0.05, 0) is 24.5 Å². The molecule has 0 amide bonds. The molecule has 2 N–H and O–H groups in total. The average Bonchev–Trinajstić information content (AvgIpc) is 2.18. The lowest BCUT2D eigenvalue weighted by molar-refractivity contribution is -0.139. The van der Waals surface area contributed by atoms with Crippen LogP contribution < -0.4 is 5.32 Å². The molecule has 3 heteroatoms.